The van der Waals surface area contributed by atoms with Gasteiger partial charge in [0.25, 0.3) is 0 Å². The number of benzene rings is 1. The molecule has 2 rings (SSSR count). The number of carbonyl (C=O) groups excluding carboxylic acids is 1. The summed E-state index contributed by atoms with van der Waals surface area (Å²) in [6, 6.07) is 5.98. The Hall–Kier alpha value is -2.09. The Bertz CT molecular complexity index is 705. The van der Waals surface area contributed by atoms with E-state index in [1.807, 2.05) is 27.8 Å². The summed E-state index contributed by atoms with van der Waals surface area (Å²) in [7, 11) is 1.83. The first kappa shape index (κ1) is 19.2. The van der Waals surface area contributed by atoms with E-state index in [2.05, 4.69) is 15.5 Å². The van der Waals surface area contributed by atoms with Gasteiger partial charge in [0.15, 0.2) is 17.1 Å². The highest BCUT2D eigenvalue weighted by Crippen LogP contribution is 2.23. The zero-order chi connectivity index (χ0) is 18.4. The summed E-state index contributed by atoms with van der Waals surface area (Å²) in [4.78, 5) is 11.9. The van der Waals surface area contributed by atoms with Gasteiger partial charge >= 0.3 is 0 Å². The lowest BCUT2D eigenvalue weighted by molar-refractivity contribution is -0.119. The van der Waals surface area contributed by atoms with Crippen molar-refractivity contribution in [1.82, 2.24) is 20.1 Å². The Morgan fingerprint density at radius 3 is 2.64 bits per heavy atom. The molecule has 1 N–H and O–H groups in total. The fourth-order valence-corrected chi connectivity index (χ4v) is 2.85. The van der Waals surface area contributed by atoms with E-state index in [1.165, 1.54) is 23.9 Å². The summed E-state index contributed by atoms with van der Waals surface area (Å²) in [5.41, 5.74) is 0. The summed E-state index contributed by atoms with van der Waals surface area (Å²) < 4.78 is 20.5. The molecule has 0 saturated carbocycles. The van der Waals surface area contributed by atoms with Crippen molar-refractivity contribution >= 4 is 17.7 Å². The van der Waals surface area contributed by atoms with E-state index >= 15 is 0 Å². The number of ether oxygens (including phenoxy) is 1. The Labute approximate surface area is 151 Å². The maximum Gasteiger partial charge on any atom is 0.230 e. The topological polar surface area (TPSA) is 69.0 Å². The summed E-state index contributed by atoms with van der Waals surface area (Å²) in [6.45, 7) is 5.84. The van der Waals surface area contributed by atoms with Crippen molar-refractivity contribution in [3.05, 3.63) is 35.9 Å². The molecule has 25 heavy (non-hydrogen) atoms. The van der Waals surface area contributed by atoms with Crippen LogP contribution in [-0.2, 0) is 11.8 Å². The molecule has 2 atom stereocenters. The summed E-state index contributed by atoms with van der Waals surface area (Å²) in [6.07, 6.45) is 0.536. The van der Waals surface area contributed by atoms with Crippen molar-refractivity contribution in [3.63, 3.8) is 0 Å². The number of thioether (sulfide) groups is 1. The second-order valence-electron chi connectivity index (χ2n) is 5.78. The third kappa shape index (κ3) is 5.45. The first-order valence-electron chi connectivity index (χ1n) is 8.14. The maximum absolute atomic E-state index is 12.9. The summed E-state index contributed by atoms with van der Waals surface area (Å²) in [5, 5.41) is 11.8. The molecular weight excluding hydrogens is 343 g/mol. The molecule has 0 spiro atoms. The van der Waals surface area contributed by atoms with Gasteiger partial charge in [-0.15, -0.1) is 10.2 Å². The molecule has 1 aromatic heterocycles. The quantitative estimate of drug-likeness (QED) is 0.727. The Morgan fingerprint density at radius 2 is 2.00 bits per heavy atom. The number of hydrogen-bond donors (Lipinski definition) is 1. The van der Waals surface area contributed by atoms with E-state index < -0.39 is 0 Å². The van der Waals surface area contributed by atoms with Gasteiger partial charge in [0.05, 0.1) is 5.75 Å². The Morgan fingerprint density at radius 1 is 1.32 bits per heavy atom. The number of carbonyl (C=O) groups is 1. The van der Waals surface area contributed by atoms with Crippen molar-refractivity contribution in [2.75, 3.05) is 5.75 Å². The van der Waals surface area contributed by atoms with Crippen LogP contribution in [0.15, 0.2) is 29.4 Å². The molecule has 2 aromatic rings. The van der Waals surface area contributed by atoms with Crippen molar-refractivity contribution in [2.24, 2.45) is 7.05 Å². The first-order valence-corrected chi connectivity index (χ1v) is 9.13. The SMILES string of the molecule is CCC(C)NC(=O)CSc1nnc(C(C)Oc2ccc(F)cc2)n1C. The molecule has 8 heteroatoms. The molecule has 0 aliphatic heterocycles. The van der Waals surface area contributed by atoms with Crippen LogP contribution in [0.1, 0.15) is 39.1 Å². The molecule has 0 fully saturated rings. The van der Waals surface area contributed by atoms with E-state index in [0.717, 1.165) is 6.42 Å². The van der Waals surface area contributed by atoms with Gasteiger partial charge in [-0.2, -0.15) is 0 Å². The highest BCUT2D eigenvalue weighted by Gasteiger charge is 2.18. The first-order chi connectivity index (χ1) is 11.9. The van der Waals surface area contributed by atoms with Gasteiger partial charge in [-0.05, 0) is 44.5 Å². The fraction of sp³-hybridized carbons (Fsp3) is 0.471. The van der Waals surface area contributed by atoms with Gasteiger partial charge in [-0.25, -0.2) is 4.39 Å². The van der Waals surface area contributed by atoms with Crippen molar-refractivity contribution < 1.29 is 13.9 Å². The molecule has 2 unspecified atom stereocenters. The van der Waals surface area contributed by atoms with Gasteiger partial charge in [0.1, 0.15) is 11.6 Å². The lowest BCUT2D eigenvalue weighted by atomic mass is 10.3. The number of nitrogens with zero attached hydrogens (tertiary/aromatic N) is 3. The third-order valence-corrected chi connectivity index (χ3v) is 4.73. The third-order valence-electron chi connectivity index (χ3n) is 3.71. The minimum absolute atomic E-state index is 0.0282. The van der Waals surface area contributed by atoms with E-state index in [1.54, 1.807) is 16.7 Å². The van der Waals surface area contributed by atoms with Gasteiger partial charge in [0, 0.05) is 13.1 Å². The van der Waals surface area contributed by atoms with Gasteiger partial charge in [0.2, 0.25) is 5.91 Å². The molecule has 0 bridgehead atoms. The molecule has 0 saturated heterocycles. The second kappa shape index (κ2) is 8.84. The fourth-order valence-electron chi connectivity index (χ4n) is 2.12. The number of amides is 1. The number of hydrogen-bond acceptors (Lipinski definition) is 5. The van der Waals surface area contributed by atoms with Crippen molar-refractivity contribution in [3.8, 4) is 5.75 Å². The van der Waals surface area contributed by atoms with Gasteiger partial charge in [-0.3, -0.25) is 4.79 Å². The Kier molecular flexibility index (Phi) is 6.81. The highest BCUT2D eigenvalue weighted by molar-refractivity contribution is 7.99. The van der Waals surface area contributed by atoms with Crippen LogP contribution < -0.4 is 10.1 Å². The summed E-state index contributed by atoms with van der Waals surface area (Å²) in [5.74, 6) is 1.13. The van der Waals surface area contributed by atoms with Crippen LogP contribution in [0, 0.1) is 5.82 Å². The number of rotatable bonds is 8. The zero-order valence-corrected chi connectivity index (χ0v) is 15.6. The molecule has 1 heterocycles. The Balaban J connectivity index is 1.95. The standard InChI is InChI=1S/C17H23FN4O2S/c1-5-11(2)19-15(23)10-25-17-21-20-16(22(17)4)12(3)24-14-8-6-13(18)7-9-14/h6-9,11-12H,5,10H2,1-4H3,(H,19,23). The molecule has 136 valence electrons. The van der Waals surface area contributed by atoms with Crippen LogP contribution >= 0.6 is 11.8 Å². The van der Waals surface area contributed by atoms with Crippen LogP contribution in [0.25, 0.3) is 0 Å². The smallest absolute Gasteiger partial charge is 0.230 e. The van der Waals surface area contributed by atoms with Crippen LogP contribution in [0.2, 0.25) is 0 Å². The average molecular weight is 366 g/mol. The van der Waals surface area contributed by atoms with E-state index in [9.17, 15) is 9.18 Å². The van der Waals surface area contributed by atoms with Crippen molar-refractivity contribution in [1.29, 1.82) is 0 Å². The van der Waals surface area contributed by atoms with E-state index in [-0.39, 0.29) is 29.6 Å². The number of aromatic nitrogens is 3. The molecular formula is C17H23FN4O2S. The van der Waals surface area contributed by atoms with Crippen LogP contribution in [0.3, 0.4) is 0 Å². The number of halogens is 1. The van der Waals surface area contributed by atoms with Gasteiger partial charge < -0.3 is 14.6 Å². The lowest BCUT2D eigenvalue weighted by Crippen LogP contribution is -2.33. The molecule has 1 amide bonds. The second-order valence-corrected chi connectivity index (χ2v) is 6.72. The summed E-state index contributed by atoms with van der Waals surface area (Å²) >= 11 is 1.33. The number of nitrogens with one attached hydrogen (secondary N) is 1. The van der Waals surface area contributed by atoms with E-state index in [0.29, 0.717) is 16.7 Å². The maximum atomic E-state index is 12.9. The highest BCUT2D eigenvalue weighted by atomic mass is 32.2. The lowest BCUT2D eigenvalue weighted by Gasteiger charge is -2.14. The molecule has 6 nitrogen and oxygen atoms in total. The monoisotopic (exact) mass is 366 g/mol. The molecule has 1 aromatic carbocycles. The normalized spacial score (nSPS) is 13.3. The zero-order valence-electron chi connectivity index (χ0n) is 14.8. The largest absolute Gasteiger partial charge is 0.483 e. The van der Waals surface area contributed by atoms with Crippen LogP contribution in [0.5, 0.6) is 5.75 Å². The van der Waals surface area contributed by atoms with Crippen LogP contribution in [0.4, 0.5) is 4.39 Å². The molecule has 0 aliphatic carbocycles. The predicted molar refractivity (Wildman–Crippen MR) is 95.1 cm³/mol. The van der Waals surface area contributed by atoms with Gasteiger partial charge in [-0.1, -0.05) is 18.7 Å². The minimum atomic E-state index is -0.355. The van der Waals surface area contributed by atoms with Crippen molar-refractivity contribution in [2.45, 2.75) is 44.5 Å². The predicted octanol–water partition coefficient (Wildman–Crippen LogP) is 3.10. The minimum Gasteiger partial charge on any atom is -0.483 e. The average Bonchev–Trinajstić information content (AvgIpc) is 2.95. The molecule has 0 aliphatic rings. The molecule has 0 radical (unpaired) electrons. The van der Waals surface area contributed by atoms with E-state index in [4.69, 9.17) is 4.74 Å². The van der Waals surface area contributed by atoms with Crippen LogP contribution in [-0.4, -0.2) is 32.5 Å².